The van der Waals surface area contributed by atoms with E-state index in [1.54, 1.807) is 0 Å². The molecule has 29 heavy (non-hydrogen) atoms. The van der Waals surface area contributed by atoms with Crippen LogP contribution in [0.3, 0.4) is 0 Å². The number of aromatic nitrogens is 1. The SMILES string of the molecule is CC(C)(C)CC(=O)N1C[C@@H]2C[C@H](C1)c1ccc(NCC3CCCCC3)c(=O)n1C2. The van der Waals surface area contributed by atoms with Crippen LogP contribution >= 0.6 is 0 Å². The van der Waals surface area contributed by atoms with Crippen molar-refractivity contribution in [3.05, 3.63) is 28.2 Å². The highest BCUT2D eigenvalue weighted by atomic mass is 16.2. The van der Waals surface area contributed by atoms with Gasteiger partial charge in [0.05, 0.1) is 0 Å². The molecule has 0 spiro atoms. The van der Waals surface area contributed by atoms with Crippen molar-refractivity contribution in [2.75, 3.05) is 25.0 Å². The van der Waals surface area contributed by atoms with Crippen LogP contribution in [0.15, 0.2) is 16.9 Å². The molecule has 1 saturated carbocycles. The summed E-state index contributed by atoms with van der Waals surface area (Å²) in [5.41, 5.74) is 2.00. The van der Waals surface area contributed by atoms with Gasteiger partial charge in [-0.15, -0.1) is 0 Å². The summed E-state index contributed by atoms with van der Waals surface area (Å²) in [5, 5.41) is 3.45. The highest BCUT2D eigenvalue weighted by Crippen LogP contribution is 2.36. The Kier molecular flexibility index (Phi) is 5.76. The maximum absolute atomic E-state index is 13.1. The van der Waals surface area contributed by atoms with Crippen LogP contribution < -0.4 is 10.9 Å². The van der Waals surface area contributed by atoms with Gasteiger partial charge < -0.3 is 14.8 Å². The van der Waals surface area contributed by atoms with Gasteiger partial charge >= 0.3 is 0 Å². The molecule has 1 aliphatic carbocycles. The average molecular weight is 400 g/mol. The van der Waals surface area contributed by atoms with E-state index in [4.69, 9.17) is 0 Å². The fourth-order valence-corrected chi connectivity index (χ4v) is 5.50. The molecule has 5 heteroatoms. The second-order valence-corrected chi connectivity index (χ2v) is 10.8. The van der Waals surface area contributed by atoms with E-state index in [2.05, 4.69) is 32.2 Å². The third-order valence-corrected chi connectivity index (χ3v) is 6.94. The Balaban J connectivity index is 1.46. The van der Waals surface area contributed by atoms with Gasteiger partial charge in [-0.25, -0.2) is 0 Å². The van der Waals surface area contributed by atoms with Gasteiger partial charge in [-0.1, -0.05) is 40.0 Å². The Morgan fingerprint density at radius 2 is 1.86 bits per heavy atom. The lowest BCUT2D eigenvalue weighted by atomic mass is 9.82. The number of carbonyl (C=O) groups excluding carboxylic acids is 1. The molecule has 2 fully saturated rings. The Morgan fingerprint density at radius 3 is 2.59 bits per heavy atom. The minimum Gasteiger partial charge on any atom is -0.380 e. The van der Waals surface area contributed by atoms with Gasteiger partial charge in [0.2, 0.25) is 5.91 Å². The van der Waals surface area contributed by atoms with Crippen LogP contribution in [0.25, 0.3) is 0 Å². The number of carbonyl (C=O) groups is 1. The minimum absolute atomic E-state index is 0.0113. The van der Waals surface area contributed by atoms with Gasteiger partial charge in [-0.05, 0) is 48.6 Å². The molecule has 5 nitrogen and oxygen atoms in total. The summed E-state index contributed by atoms with van der Waals surface area (Å²) in [5.74, 6) is 1.63. The first-order valence-electron chi connectivity index (χ1n) is 11.6. The zero-order chi connectivity index (χ0) is 20.6. The fraction of sp³-hybridized carbons (Fsp3) is 0.750. The number of anilines is 1. The number of hydrogen-bond donors (Lipinski definition) is 1. The van der Waals surface area contributed by atoms with Crippen LogP contribution in [-0.2, 0) is 11.3 Å². The first kappa shape index (κ1) is 20.5. The van der Waals surface area contributed by atoms with Crippen molar-refractivity contribution in [1.29, 1.82) is 0 Å². The summed E-state index contributed by atoms with van der Waals surface area (Å²) in [6, 6.07) is 4.11. The molecule has 2 aliphatic heterocycles. The molecule has 1 amide bonds. The quantitative estimate of drug-likeness (QED) is 0.825. The molecular formula is C24H37N3O2. The van der Waals surface area contributed by atoms with Crippen molar-refractivity contribution in [1.82, 2.24) is 9.47 Å². The van der Waals surface area contributed by atoms with Crippen LogP contribution in [0.1, 0.15) is 77.3 Å². The number of likely N-dealkylation sites (tertiary alicyclic amines) is 1. The zero-order valence-electron chi connectivity index (χ0n) is 18.4. The lowest BCUT2D eigenvalue weighted by Crippen LogP contribution is -2.49. The highest BCUT2D eigenvalue weighted by Gasteiger charge is 2.37. The monoisotopic (exact) mass is 399 g/mol. The normalized spacial score (nSPS) is 24.9. The molecule has 0 unspecified atom stereocenters. The molecule has 1 N–H and O–H groups in total. The number of amides is 1. The molecule has 160 valence electrons. The van der Waals surface area contributed by atoms with Crippen molar-refractivity contribution >= 4 is 11.6 Å². The topological polar surface area (TPSA) is 54.3 Å². The van der Waals surface area contributed by atoms with E-state index >= 15 is 0 Å². The molecule has 1 aromatic heterocycles. The average Bonchev–Trinajstić information content (AvgIpc) is 2.67. The van der Waals surface area contributed by atoms with Crippen LogP contribution in [-0.4, -0.2) is 35.0 Å². The number of nitrogens with one attached hydrogen (secondary N) is 1. The molecule has 1 aromatic rings. The minimum atomic E-state index is 0.0113. The number of hydrogen-bond acceptors (Lipinski definition) is 3. The van der Waals surface area contributed by atoms with Gasteiger partial charge in [0.15, 0.2) is 0 Å². The summed E-state index contributed by atoms with van der Waals surface area (Å²) < 4.78 is 1.99. The van der Waals surface area contributed by atoms with Crippen LogP contribution in [0.2, 0.25) is 0 Å². The van der Waals surface area contributed by atoms with Crippen LogP contribution in [0, 0.1) is 17.3 Å². The number of piperidine rings is 1. The third kappa shape index (κ3) is 4.70. The first-order chi connectivity index (χ1) is 13.8. The molecule has 1 saturated heterocycles. The molecule has 0 radical (unpaired) electrons. The largest absolute Gasteiger partial charge is 0.380 e. The van der Waals surface area contributed by atoms with E-state index in [0.717, 1.165) is 44.0 Å². The van der Waals surface area contributed by atoms with Gasteiger partial charge in [0.25, 0.3) is 5.56 Å². The van der Waals surface area contributed by atoms with E-state index in [1.807, 2.05) is 15.5 Å². The zero-order valence-corrected chi connectivity index (χ0v) is 18.4. The molecule has 4 rings (SSSR count). The standard InChI is InChI=1S/C24H37N3O2/c1-24(2,3)12-22(28)26-14-18-11-19(16-26)21-10-9-20(23(29)27(21)15-18)25-13-17-7-5-4-6-8-17/h9-10,17-19,25H,4-8,11-16H2,1-3H3/t18-,19+/m0/s1. The summed E-state index contributed by atoms with van der Waals surface area (Å²) in [4.78, 5) is 28.0. The highest BCUT2D eigenvalue weighted by molar-refractivity contribution is 5.77. The van der Waals surface area contributed by atoms with Crippen molar-refractivity contribution in [3.8, 4) is 0 Å². The van der Waals surface area contributed by atoms with Crippen molar-refractivity contribution in [2.45, 2.75) is 78.2 Å². The molecular weight excluding hydrogens is 362 g/mol. The lowest BCUT2D eigenvalue weighted by Gasteiger charge is -2.43. The second-order valence-electron chi connectivity index (χ2n) is 10.8. The van der Waals surface area contributed by atoms with Crippen LogP contribution in [0.4, 0.5) is 5.69 Å². The summed E-state index contributed by atoms with van der Waals surface area (Å²) in [6.45, 7) is 9.54. The summed E-state index contributed by atoms with van der Waals surface area (Å²) >= 11 is 0. The van der Waals surface area contributed by atoms with Gasteiger partial charge in [0.1, 0.15) is 5.69 Å². The van der Waals surface area contributed by atoms with E-state index < -0.39 is 0 Å². The maximum atomic E-state index is 13.1. The Morgan fingerprint density at radius 1 is 1.10 bits per heavy atom. The van der Waals surface area contributed by atoms with Crippen molar-refractivity contribution in [2.24, 2.45) is 17.3 Å². The molecule has 3 heterocycles. The van der Waals surface area contributed by atoms with Gasteiger partial charge in [-0.3, -0.25) is 9.59 Å². The van der Waals surface area contributed by atoms with E-state index in [9.17, 15) is 9.59 Å². The predicted molar refractivity (Wildman–Crippen MR) is 117 cm³/mol. The van der Waals surface area contributed by atoms with Crippen molar-refractivity contribution < 1.29 is 4.79 Å². The van der Waals surface area contributed by atoms with E-state index in [-0.39, 0.29) is 22.8 Å². The lowest BCUT2D eigenvalue weighted by molar-refractivity contribution is -0.135. The third-order valence-electron chi connectivity index (χ3n) is 6.94. The molecule has 2 bridgehead atoms. The van der Waals surface area contributed by atoms with Gasteiger partial charge in [-0.2, -0.15) is 0 Å². The fourth-order valence-electron chi connectivity index (χ4n) is 5.50. The Bertz CT molecular complexity index is 801. The number of rotatable bonds is 4. The smallest absolute Gasteiger partial charge is 0.274 e. The summed E-state index contributed by atoms with van der Waals surface area (Å²) in [6.07, 6.45) is 8.24. The second kappa shape index (κ2) is 8.16. The van der Waals surface area contributed by atoms with E-state index in [1.165, 1.54) is 32.1 Å². The number of pyridine rings is 1. The number of nitrogens with zero attached hydrogens (tertiary/aromatic N) is 2. The predicted octanol–water partition coefficient (Wildman–Crippen LogP) is 4.22. The van der Waals surface area contributed by atoms with Crippen LogP contribution in [0.5, 0.6) is 0 Å². The summed E-state index contributed by atoms with van der Waals surface area (Å²) in [7, 11) is 0. The van der Waals surface area contributed by atoms with Crippen molar-refractivity contribution in [3.63, 3.8) is 0 Å². The molecule has 2 atom stereocenters. The van der Waals surface area contributed by atoms with Gasteiger partial charge in [0, 0.05) is 44.2 Å². The first-order valence-corrected chi connectivity index (χ1v) is 11.6. The Labute approximate surface area is 174 Å². The molecule has 0 aromatic carbocycles. The Hall–Kier alpha value is -1.78. The number of fused-ring (bicyclic) bond motifs is 4. The van der Waals surface area contributed by atoms with E-state index in [0.29, 0.717) is 18.3 Å². The molecule has 3 aliphatic rings. The maximum Gasteiger partial charge on any atom is 0.274 e.